The van der Waals surface area contributed by atoms with E-state index in [1.807, 2.05) is 0 Å². The van der Waals surface area contributed by atoms with Gasteiger partial charge in [0.25, 0.3) is 0 Å². The minimum Gasteiger partial charge on any atom is -0.480 e. The lowest BCUT2D eigenvalue weighted by Gasteiger charge is -2.31. The molecular weight excluding hydrogens is 254 g/mol. The topological polar surface area (TPSA) is 133 Å². The fourth-order valence-corrected chi connectivity index (χ4v) is 2.07. The van der Waals surface area contributed by atoms with Crippen LogP contribution in [0.4, 0.5) is 4.79 Å². The summed E-state index contributed by atoms with van der Waals surface area (Å²) in [6, 6.07) is -1.69. The summed E-state index contributed by atoms with van der Waals surface area (Å²) in [5.41, 5.74) is 5.15. The summed E-state index contributed by atoms with van der Waals surface area (Å²) < 4.78 is 0. The number of hydrogen-bond donors (Lipinski definition) is 4. The number of nitrogens with one attached hydrogen (secondary N) is 1. The van der Waals surface area contributed by atoms with E-state index in [0.29, 0.717) is 19.4 Å². The molecule has 19 heavy (non-hydrogen) atoms. The molecule has 0 bridgehead atoms. The summed E-state index contributed by atoms with van der Waals surface area (Å²) in [7, 11) is 0. The molecule has 1 saturated heterocycles. The fourth-order valence-electron chi connectivity index (χ4n) is 2.07. The van der Waals surface area contributed by atoms with Gasteiger partial charge >= 0.3 is 12.0 Å². The van der Waals surface area contributed by atoms with Crippen LogP contribution in [-0.2, 0) is 9.59 Å². The summed E-state index contributed by atoms with van der Waals surface area (Å²) in [6.07, 6.45) is 1.19. The van der Waals surface area contributed by atoms with Gasteiger partial charge in [0.15, 0.2) is 0 Å². The standard InChI is InChI=1S/C11H19N3O5/c12-11(19)14-4-1-2-7(6-14)9(16)13-8(3-5-15)10(17)18/h7-8,15H,1-6H2,(H2,12,19)(H,13,16)(H,17,18)/t7?,8-/m1/s1. The van der Waals surface area contributed by atoms with E-state index < -0.39 is 29.9 Å². The van der Waals surface area contributed by atoms with Gasteiger partial charge in [0.1, 0.15) is 6.04 Å². The number of piperidine rings is 1. The number of carboxylic acid groups (broad SMARTS) is 1. The Balaban J connectivity index is 2.56. The fraction of sp³-hybridized carbons (Fsp3) is 0.727. The molecule has 1 fully saturated rings. The molecular formula is C11H19N3O5. The SMILES string of the molecule is NC(=O)N1CCCC(C(=O)N[C@H](CCO)C(=O)O)C1. The highest BCUT2D eigenvalue weighted by atomic mass is 16.4. The number of urea groups is 1. The molecule has 1 unspecified atom stereocenters. The Kier molecular flexibility index (Phi) is 5.56. The summed E-state index contributed by atoms with van der Waals surface area (Å²) in [5, 5.41) is 20.0. The molecule has 108 valence electrons. The number of aliphatic hydroxyl groups excluding tert-OH is 1. The Labute approximate surface area is 110 Å². The van der Waals surface area contributed by atoms with Crippen LogP contribution in [0, 0.1) is 5.92 Å². The number of rotatable bonds is 5. The maximum Gasteiger partial charge on any atom is 0.326 e. The van der Waals surface area contributed by atoms with Crippen molar-refractivity contribution in [3.8, 4) is 0 Å². The van der Waals surface area contributed by atoms with Gasteiger partial charge in [-0.1, -0.05) is 0 Å². The third kappa shape index (κ3) is 4.40. The summed E-state index contributed by atoms with van der Waals surface area (Å²) in [6.45, 7) is 0.389. The van der Waals surface area contributed by atoms with E-state index >= 15 is 0 Å². The van der Waals surface area contributed by atoms with Crippen molar-refractivity contribution in [3.05, 3.63) is 0 Å². The lowest BCUT2D eigenvalue weighted by atomic mass is 9.97. The van der Waals surface area contributed by atoms with E-state index in [9.17, 15) is 14.4 Å². The van der Waals surface area contributed by atoms with Crippen molar-refractivity contribution >= 4 is 17.9 Å². The second kappa shape index (κ2) is 6.93. The number of hydrogen-bond acceptors (Lipinski definition) is 4. The van der Waals surface area contributed by atoms with Gasteiger partial charge in [-0.15, -0.1) is 0 Å². The van der Waals surface area contributed by atoms with E-state index in [0.717, 1.165) is 0 Å². The van der Waals surface area contributed by atoms with Gasteiger partial charge in [-0.3, -0.25) is 4.79 Å². The van der Waals surface area contributed by atoms with Crippen molar-refractivity contribution in [2.24, 2.45) is 11.7 Å². The Hall–Kier alpha value is -1.83. The first-order valence-corrected chi connectivity index (χ1v) is 6.14. The number of carbonyl (C=O) groups excluding carboxylic acids is 2. The third-order valence-electron chi connectivity index (χ3n) is 3.14. The highest BCUT2D eigenvalue weighted by molar-refractivity contribution is 5.85. The molecule has 1 aliphatic rings. The zero-order chi connectivity index (χ0) is 14.4. The van der Waals surface area contributed by atoms with E-state index in [1.165, 1.54) is 4.90 Å². The molecule has 0 aliphatic carbocycles. The van der Waals surface area contributed by atoms with E-state index in [-0.39, 0.29) is 19.6 Å². The monoisotopic (exact) mass is 273 g/mol. The zero-order valence-corrected chi connectivity index (χ0v) is 10.5. The first-order chi connectivity index (χ1) is 8.95. The Morgan fingerprint density at radius 2 is 2.11 bits per heavy atom. The number of nitrogens with two attached hydrogens (primary N) is 1. The van der Waals surface area contributed by atoms with Crippen molar-refractivity contribution in [1.29, 1.82) is 0 Å². The van der Waals surface area contributed by atoms with E-state index in [2.05, 4.69) is 5.32 Å². The largest absolute Gasteiger partial charge is 0.480 e. The predicted molar refractivity (Wildman–Crippen MR) is 65.1 cm³/mol. The van der Waals surface area contributed by atoms with Crippen LogP contribution in [0.5, 0.6) is 0 Å². The van der Waals surface area contributed by atoms with Gasteiger partial charge in [-0.25, -0.2) is 9.59 Å². The van der Waals surface area contributed by atoms with Crippen molar-refractivity contribution in [3.63, 3.8) is 0 Å². The Morgan fingerprint density at radius 3 is 2.63 bits per heavy atom. The summed E-state index contributed by atoms with van der Waals surface area (Å²) >= 11 is 0. The summed E-state index contributed by atoms with van der Waals surface area (Å²) in [4.78, 5) is 35.2. The molecule has 5 N–H and O–H groups in total. The molecule has 0 radical (unpaired) electrons. The molecule has 0 aromatic rings. The molecule has 2 atom stereocenters. The first kappa shape index (κ1) is 15.2. The van der Waals surface area contributed by atoms with Gasteiger partial charge in [-0.05, 0) is 12.8 Å². The highest BCUT2D eigenvalue weighted by Crippen LogP contribution is 2.16. The van der Waals surface area contributed by atoms with Gasteiger partial charge < -0.3 is 26.2 Å². The Morgan fingerprint density at radius 1 is 1.42 bits per heavy atom. The van der Waals surface area contributed by atoms with Crippen LogP contribution in [-0.4, -0.2) is 58.8 Å². The van der Waals surface area contributed by atoms with Crippen LogP contribution >= 0.6 is 0 Å². The average molecular weight is 273 g/mol. The molecule has 1 aliphatic heterocycles. The van der Waals surface area contributed by atoms with Crippen LogP contribution in [0.25, 0.3) is 0 Å². The number of amides is 3. The van der Waals surface area contributed by atoms with Gasteiger partial charge in [0, 0.05) is 26.1 Å². The van der Waals surface area contributed by atoms with Crippen LogP contribution in [0.3, 0.4) is 0 Å². The predicted octanol–water partition coefficient (Wildman–Crippen LogP) is -1.27. The lowest BCUT2D eigenvalue weighted by molar-refractivity contribution is -0.143. The molecule has 1 rings (SSSR count). The average Bonchev–Trinajstić information content (AvgIpc) is 2.38. The highest BCUT2D eigenvalue weighted by Gasteiger charge is 2.30. The first-order valence-electron chi connectivity index (χ1n) is 6.14. The quantitative estimate of drug-likeness (QED) is 0.495. The van der Waals surface area contributed by atoms with E-state index in [4.69, 9.17) is 15.9 Å². The number of aliphatic carboxylic acids is 1. The number of aliphatic hydroxyl groups is 1. The number of carboxylic acids is 1. The second-order valence-corrected chi connectivity index (χ2v) is 4.54. The van der Waals surface area contributed by atoms with Crippen molar-refractivity contribution in [2.45, 2.75) is 25.3 Å². The summed E-state index contributed by atoms with van der Waals surface area (Å²) in [5.74, 6) is -2.07. The van der Waals surface area contributed by atoms with Gasteiger partial charge in [-0.2, -0.15) is 0 Å². The van der Waals surface area contributed by atoms with Crippen molar-refractivity contribution < 1.29 is 24.6 Å². The number of primary amides is 1. The molecule has 3 amide bonds. The normalized spacial score (nSPS) is 20.7. The molecule has 1 heterocycles. The van der Waals surface area contributed by atoms with Crippen LogP contribution < -0.4 is 11.1 Å². The third-order valence-corrected chi connectivity index (χ3v) is 3.14. The molecule has 0 spiro atoms. The number of likely N-dealkylation sites (tertiary alicyclic amines) is 1. The van der Waals surface area contributed by atoms with E-state index in [1.54, 1.807) is 0 Å². The molecule has 8 heteroatoms. The van der Waals surface area contributed by atoms with Crippen molar-refractivity contribution in [1.82, 2.24) is 10.2 Å². The number of carbonyl (C=O) groups is 3. The second-order valence-electron chi connectivity index (χ2n) is 4.54. The lowest BCUT2D eigenvalue weighted by Crippen LogP contribution is -2.50. The number of nitrogens with zero attached hydrogens (tertiary/aromatic N) is 1. The van der Waals surface area contributed by atoms with Crippen LogP contribution in [0.1, 0.15) is 19.3 Å². The maximum atomic E-state index is 11.9. The van der Waals surface area contributed by atoms with Gasteiger partial charge in [0.2, 0.25) is 5.91 Å². The molecule has 0 saturated carbocycles. The molecule has 0 aromatic heterocycles. The molecule has 8 nitrogen and oxygen atoms in total. The van der Waals surface area contributed by atoms with Gasteiger partial charge in [0.05, 0.1) is 5.92 Å². The maximum absolute atomic E-state index is 11.9. The Bertz CT molecular complexity index is 360. The smallest absolute Gasteiger partial charge is 0.326 e. The minimum absolute atomic E-state index is 0.0483. The molecule has 0 aromatic carbocycles. The minimum atomic E-state index is -1.19. The van der Waals surface area contributed by atoms with Crippen LogP contribution in [0.2, 0.25) is 0 Å². The van der Waals surface area contributed by atoms with Crippen LogP contribution in [0.15, 0.2) is 0 Å². The van der Waals surface area contributed by atoms with Crippen molar-refractivity contribution in [2.75, 3.05) is 19.7 Å². The zero-order valence-electron chi connectivity index (χ0n) is 10.5.